The van der Waals surface area contributed by atoms with Crippen molar-refractivity contribution in [2.24, 2.45) is 5.92 Å². The van der Waals surface area contributed by atoms with Crippen molar-refractivity contribution >= 4 is 34.8 Å². The predicted octanol–water partition coefficient (Wildman–Crippen LogP) is 2.99. The Hall–Kier alpha value is -3.35. The Bertz CT molecular complexity index is 1000. The number of hydrogen-bond donors (Lipinski definition) is 1. The molecule has 156 valence electrons. The first-order valence-electron chi connectivity index (χ1n) is 10.2. The third-order valence-corrected chi connectivity index (χ3v) is 5.59. The molecule has 1 N–H and O–H groups in total. The van der Waals surface area contributed by atoms with Crippen LogP contribution in [-0.2, 0) is 20.8 Å². The van der Waals surface area contributed by atoms with Crippen molar-refractivity contribution in [1.29, 1.82) is 0 Å². The number of rotatable bonds is 5. The maximum Gasteiger partial charge on any atom is 0.229 e. The van der Waals surface area contributed by atoms with E-state index in [-0.39, 0.29) is 24.1 Å². The highest BCUT2D eigenvalue weighted by Crippen LogP contribution is 2.34. The number of anilines is 3. The molecule has 0 spiro atoms. The van der Waals surface area contributed by atoms with Crippen molar-refractivity contribution in [3.05, 3.63) is 48.0 Å². The fourth-order valence-corrected chi connectivity index (χ4v) is 4.10. The molecule has 2 heterocycles. The zero-order chi connectivity index (χ0) is 21.3. The van der Waals surface area contributed by atoms with Crippen molar-refractivity contribution in [2.75, 3.05) is 34.8 Å². The maximum atomic E-state index is 12.8. The van der Waals surface area contributed by atoms with Gasteiger partial charge < -0.3 is 19.9 Å². The van der Waals surface area contributed by atoms with E-state index in [2.05, 4.69) is 5.32 Å². The molecule has 3 amide bonds. The van der Waals surface area contributed by atoms with Gasteiger partial charge in [0, 0.05) is 37.8 Å². The minimum absolute atomic E-state index is 0.0165. The SMILES string of the molecule is CCOc1ccccc1NC(=O)C1CC(=O)N(c2ccc3c(c2)CCN3C(C)=O)C1. The van der Waals surface area contributed by atoms with E-state index in [0.29, 0.717) is 31.1 Å². The molecule has 1 fully saturated rings. The number of ether oxygens (including phenoxy) is 1. The molecule has 0 radical (unpaired) electrons. The second-order valence-electron chi connectivity index (χ2n) is 7.56. The van der Waals surface area contributed by atoms with Crippen molar-refractivity contribution in [1.82, 2.24) is 0 Å². The summed E-state index contributed by atoms with van der Waals surface area (Å²) in [6.07, 6.45) is 0.933. The highest BCUT2D eigenvalue weighted by molar-refractivity contribution is 6.04. The molecule has 7 nitrogen and oxygen atoms in total. The van der Waals surface area contributed by atoms with E-state index in [4.69, 9.17) is 4.74 Å². The van der Waals surface area contributed by atoms with Gasteiger partial charge in [-0.2, -0.15) is 0 Å². The molecule has 4 rings (SSSR count). The van der Waals surface area contributed by atoms with Crippen LogP contribution in [0.2, 0.25) is 0 Å². The van der Waals surface area contributed by atoms with Gasteiger partial charge in [0.25, 0.3) is 0 Å². The van der Waals surface area contributed by atoms with Crippen LogP contribution in [0.5, 0.6) is 5.75 Å². The lowest BCUT2D eigenvalue weighted by Gasteiger charge is -2.19. The van der Waals surface area contributed by atoms with Crippen molar-refractivity contribution in [2.45, 2.75) is 26.7 Å². The Morgan fingerprint density at radius 2 is 2.00 bits per heavy atom. The van der Waals surface area contributed by atoms with Gasteiger partial charge in [0.15, 0.2) is 0 Å². The van der Waals surface area contributed by atoms with Gasteiger partial charge in [-0.3, -0.25) is 14.4 Å². The predicted molar refractivity (Wildman–Crippen MR) is 115 cm³/mol. The molecular weight excluding hydrogens is 382 g/mol. The summed E-state index contributed by atoms with van der Waals surface area (Å²) in [4.78, 5) is 40.6. The largest absolute Gasteiger partial charge is 0.492 e. The first kappa shape index (κ1) is 19.9. The number of nitrogens with zero attached hydrogens (tertiary/aromatic N) is 2. The molecule has 0 aromatic heterocycles. The summed E-state index contributed by atoms with van der Waals surface area (Å²) < 4.78 is 5.56. The lowest BCUT2D eigenvalue weighted by Crippen LogP contribution is -2.28. The molecule has 0 bridgehead atoms. The Labute approximate surface area is 175 Å². The van der Waals surface area contributed by atoms with Crippen LogP contribution in [0.4, 0.5) is 17.1 Å². The zero-order valence-corrected chi connectivity index (χ0v) is 17.2. The normalized spacial score (nSPS) is 17.8. The second-order valence-corrected chi connectivity index (χ2v) is 7.56. The Morgan fingerprint density at radius 3 is 2.77 bits per heavy atom. The van der Waals surface area contributed by atoms with Crippen molar-refractivity contribution in [3.8, 4) is 5.75 Å². The molecule has 2 aromatic rings. The summed E-state index contributed by atoms with van der Waals surface area (Å²) in [5.41, 5.74) is 3.33. The van der Waals surface area contributed by atoms with E-state index in [0.717, 1.165) is 23.4 Å². The van der Waals surface area contributed by atoms with Gasteiger partial charge in [-0.1, -0.05) is 12.1 Å². The van der Waals surface area contributed by atoms with Crippen molar-refractivity contribution < 1.29 is 19.1 Å². The molecular formula is C23H25N3O4. The van der Waals surface area contributed by atoms with Crippen LogP contribution in [-0.4, -0.2) is 37.4 Å². The third-order valence-electron chi connectivity index (χ3n) is 5.59. The van der Waals surface area contributed by atoms with E-state index in [1.165, 1.54) is 0 Å². The van der Waals surface area contributed by atoms with Gasteiger partial charge in [0.05, 0.1) is 18.2 Å². The fraction of sp³-hybridized carbons (Fsp3) is 0.348. The lowest BCUT2D eigenvalue weighted by molar-refractivity contribution is -0.122. The maximum absolute atomic E-state index is 12.8. The average molecular weight is 407 g/mol. The summed E-state index contributed by atoms with van der Waals surface area (Å²) in [7, 11) is 0. The number of carbonyl (C=O) groups excluding carboxylic acids is 3. The first-order chi connectivity index (χ1) is 14.5. The molecule has 2 aliphatic rings. The smallest absolute Gasteiger partial charge is 0.229 e. The number of amides is 3. The monoisotopic (exact) mass is 407 g/mol. The quantitative estimate of drug-likeness (QED) is 0.827. The number of para-hydroxylation sites is 2. The molecule has 1 unspecified atom stereocenters. The number of benzene rings is 2. The van der Waals surface area contributed by atoms with Gasteiger partial charge in [0.1, 0.15) is 5.75 Å². The van der Waals surface area contributed by atoms with Gasteiger partial charge in [-0.05, 0) is 49.2 Å². The Morgan fingerprint density at radius 1 is 1.20 bits per heavy atom. The lowest BCUT2D eigenvalue weighted by atomic mass is 10.1. The van der Waals surface area contributed by atoms with E-state index in [9.17, 15) is 14.4 Å². The Kier molecular flexibility index (Phi) is 5.44. The number of hydrogen-bond acceptors (Lipinski definition) is 4. The third kappa shape index (κ3) is 3.75. The van der Waals surface area contributed by atoms with E-state index in [1.807, 2.05) is 37.3 Å². The average Bonchev–Trinajstić information content (AvgIpc) is 3.32. The van der Waals surface area contributed by atoms with E-state index < -0.39 is 5.92 Å². The van der Waals surface area contributed by atoms with E-state index >= 15 is 0 Å². The molecule has 7 heteroatoms. The topological polar surface area (TPSA) is 79.0 Å². The van der Waals surface area contributed by atoms with Crippen LogP contribution in [0, 0.1) is 5.92 Å². The number of carbonyl (C=O) groups is 3. The summed E-state index contributed by atoms with van der Waals surface area (Å²) in [6, 6.07) is 13.0. The van der Waals surface area contributed by atoms with Gasteiger partial charge in [-0.15, -0.1) is 0 Å². The minimum atomic E-state index is -0.436. The molecule has 0 aliphatic carbocycles. The summed E-state index contributed by atoms with van der Waals surface area (Å²) >= 11 is 0. The number of nitrogens with one attached hydrogen (secondary N) is 1. The Balaban J connectivity index is 1.47. The minimum Gasteiger partial charge on any atom is -0.492 e. The van der Waals surface area contributed by atoms with Gasteiger partial charge in [0.2, 0.25) is 17.7 Å². The molecule has 1 saturated heterocycles. The molecule has 0 saturated carbocycles. The van der Waals surface area contributed by atoms with Gasteiger partial charge in [-0.25, -0.2) is 0 Å². The van der Waals surface area contributed by atoms with Crippen LogP contribution >= 0.6 is 0 Å². The number of fused-ring (bicyclic) bond motifs is 1. The van der Waals surface area contributed by atoms with Crippen LogP contribution < -0.4 is 19.9 Å². The molecule has 1 atom stereocenters. The molecule has 30 heavy (non-hydrogen) atoms. The molecule has 2 aromatic carbocycles. The standard InChI is InChI=1S/C23H25N3O4/c1-3-30-21-7-5-4-6-19(21)24-23(29)17-13-22(28)26(14-17)18-8-9-20-16(12-18)10-11-25(20)15(2)27/h4-9,12,17H,3,10-11,13-14H2,1-2H3,(H,24,29). The van der Waals surface area contributed by atoms with Crippen LogP contribution in [0.1, 0.15) is 25.8 Å². The van der Waals surface area contributed by atoms with Crippen molar-refractivity contribution in [3.63, 3.8) is 0 Å². The van der Waals surface area contributed by atoms with E-state index in [1.54, 1.807) is 28.9 Å². The first-order valence-corrected chi connectivity index (χ1v) is 10.2. The summed E-state index contributed by atoms with van der Waals surface area (Å²) in [5, 5.41) is 2.90. The molecule has 2 aliphatic heterocycles. The van der Waals surface area contributed by atoms with Crippen LogP contribution in [0.15, 0.2) is 42.5 Å². The zero-order valence-electron chi connectivity index (χ0n) is 17.2. The highest BCUT2D eigenvalue weighted by Gasteiger charge is 2.36. The summed E-state index contributed by atoms with van der Waals surface area (Å²) in [6.45, 7) is 4.93. The fourth-order valence-electron chi connectivity index (χ4n) is 4.10. The van der Waals surface area contributed by atoms with Gasteiger partial charge >= 0.3 is 0 Å². The van der Waals surface area contributed by atoms with Crippen LogP contribution in [0.25, 0.3) is 0 Å². The summed E-state index contributed by atoms with van der Waals surface area (Å²) in [5.74, 6) is -0.0725. The highest BCUT2D eigenvalue weighted by atomic mass is 16.5. The van der Waals surface area contributed by atoms with Crippen LogP contribution in [0.3, 0.4) is 0 Å². The second kappa shape index (κ2) is 8.18.